The summed E-state index contributed by atoms with van der Waals surface area (Å²) >= 11 is 0. The fourth-order valence-corrected chi connectivity index (χ4v) is 4.13. The van der Waals surface area contributed by atoms with Crippen molar-refractivity contribution in [1.29, 1.82) is 0 Å². The minimum absolute atomic E-state index is 0.101. The molecule has 3 heterocycles. The van der Waals surface area contributed by atoms with Crippen molar-refractivity contribution in [3.63, 3.8) is 0 Å². The van der Waals surface area contributed by atoms with Gasteiger partial charge in [-0.25, -0.2) is 4.98 Å². The molecule has 0 radical (unpaired) electrons. The molecule has 0 saturated heterocycles. The van der Waals surface area contributed by atoms with Crippen molar-refractivity contribution in [2.24, 2.45) is 0 Å². The van der Waals surface area contributed by atoms with Crippen LogP contribution in [0.4, 0.5) is 5.69 Å². The Balaban J connectivity index is 1.97. The second-order valence-electron chi connectivity index (χ2n) is 8.49. The van der Waals surface area contributed by atoms with Gasteiger partial charge in [0.15, 0.2) is 0 Å². The average Bonchev–Trinajstić information content (AvgIpc) is 3.23. The number of fused-ring (bicyclic) bond motifs is 1. The van der Waals surface area contributed by atoms with E-state index in [-0.39, 0.29) is 5.91 Å². The maximum atomic E-state index is 11.6. The molecule has 0 aliphatic heterocycles. The molecule has 1 N–H and O–H groups in total. The van der Waals surface area contributed by atoms with Gasteiger partial charge >= 0.3 is 0 Å². The number of likely N-dealkylation sites (N-methyl/N-ethyl adjacent to an activating group) is 1. The van der Waals surface area contributed by atoms with E-state index < -0.39 is 0 Å². The Kier molecular flexibility index (Phi) is 5.84. The van der Waals surface area contributed by atoms with Crippen LogP contribution in [0.1, 0.15) is 24.1 Å². The van der Waals surface area contributed by atoms with Gasteiger partial charge in [-0.3, -0.25) is 4.79 Å². The molecule has 7 heteroatoms. The molecule has 32 heavy (non-hydrogen) atoms. The van der Waals surface area contributed by atoms with E-state index in [1.165, 1.54) is 12.6 Å². The average molecular weight is 432 g/mol. The highest BCUT2D eigenvalue weighted by Crippen LogP contribution is 2.36. The van der Waals surface area contributed by atoms with Crippen LogP contribution < -0.4 is 5.32 Å². The van der Waals surface area contributed by atoms with Gasteiger partial charge in [-0.15, -0.1) is 0 Å². The Morgan fingerprint density at radius 3 is 2.59 bits per heavy atom. The molecular weight excluding hydrogens is 402 g/mol. The standard InChI is InChI=1S/C25H29N5O2/c1-15-12-21-23(30(15)11-10-29(5)6)14-22(24-16(2)28-32-17(24)3)27-25(21)19-8-7-9-20(13-19)26-18(4)31/h7-9,12-14H,10-11H2,1-6H3,(H,26,31). The first-order chi connectivity index (χ1) is 15.2. The first-order valence-electron chi connectivity index (χ1n) is 10.7. The third-order valence-corrected chi connectivity index (χ3v) is 5.62. The first-order valence-corrected chi connectivity index (χ1v) is 10.7. The highest BCUT2D eigenvalue weighted by Gasteiger charge is 2.19. The van der Waals surface area contributed by atoms with Crippen LogP contribution in [0.3, 0.4) is 0 Å². The minimum atomic E-state index is -0.101. The highest BCUT2D eigenvalue weighted by atomic mass is 16.5. The Labute approximate surface area is 188 Å². The maximum Gasteiger partial charge on any atom is 0.221 e. The number of aryl methyl sites for hydroxylation is 3. The lowest BCUT2D eigenvalue weighted by molar-refractivity contribution is -0.114. The zero-order valence-corrected chi connectivity index (χ0v) is 19.5. The molecule has 0 aliphatic carbocycles. The van der Waals surface area contributed by atoms with Gasteiger partial charge in [0.2, 0.25) is 5.91 Å². The van der Waals surface area contributed by atoms with Crippen LogP contribution in [0.25, 0.3) is 33.4 Å². The van der Waals surface area contributed by atoms with Crippen molar-refractivity contribution in [3.8, 4) is 22.5 Å². The molecule has 4 rings (SSSR count). The van der Waals surface area contributed by atoms with Crippen LogP contribution in [-0.2, 0) is 11.3 Å². The number of hydrogen-bond acceptors (Lipinski definition) is 5. The van der Waals surface area contributed by atoms with Crippen molar-refractivity contribution in [3.05, 3.63) is 53.5 Å². The third kappa shape index (κ3) is 4.16. The van der Waals surface area contributed by atoms with E-state index in [1.54, 1.807) is 0 Å². The molecule has 3 aromatic heterocycles. The lowest BCUT2D eigenvalue weighted by Crippen LogP contribution is -2.18. The van der Waals surface area contributed by atoms with Crippen LogP contribution in [0.5, 0.6) is 0 Å². The summed E-state index contributed by atoms with van der Waals surface area (Å²) in [6.45, 7) is 9.29. The van der Waals surface area contributed by atoms with Gasteiger partial charge in [-0.2, -0.15) is 0 Å². The zero-order valence-electron chi connectivity index (χ0n) is 19.5. The number of nitrogens with one attached hydrogen (secondary N) is 1. The largest absolute Gasteiger partial charge is 0.361 e. The van der Waals surface area contributed by atoms with Crippen LogP contribution in [0.2, 0.25) is 0 Å². The number of carbonyl (C=O) groups is 1. The Bertz CT molecular complexity index is 1280. The molecule has 0 aliphatic rings. The van der Waals surface area contributed by atoms with Crippen molar-refractivity contribution < 1.29 is 9.32 Å². The van der Waals surface area contributed by atoms with Gasteiger partial charge < -0.3 is 19.3 Å². The van der Waals surface area contributed by atoms with Gasteiger partial charge in [0.25, 0.3) is 0 Å². The summed E-state index contributed by atoms with van der Waals surface area (Å²) in [6.07, 6.45) is 0. The summed E-state index contributed by atoms with van der Waals surface area (Å²) in [5.74, 6) is 0.644. The van der Waals surface area contributed by atoms with Crippen LogP contribution in [0, 0.1) is 20.8 Å². The molecule has 7 nitrogen and oxygen atoms in total. The van der Waals surface area contributed by atoms with Crippen LogP contribution in [0.15, 0.2) is 40.9 Å². The number of amides is 1. The van der Waals surface area contributed by atoms with E-state index in [4.69, 9.17) is 9.51 Å². The Morgan fingerprint density at radius 1 is 1.16 bits per heavy atom. The van der Waals surface area contributed by atoms with E-state index in [9.17, 15) is 4.79 Å². The van der Waals surface area contributed by atoms with Gasteiger partial charge in [-0.1, -0.05) is 17.3 Å². The number of anilines is 1. The quantitative estimate of drug-likeness (QED) is 0.474. The third-order valence-electron chi connectivity index (χ3n) is 5.62. The Hall–Kier alpha value is -3.45. The minimum Gasteiger partial charge on any atom is -0.361 e. The van der Waals surface area contributed by atoms with E-state index in [0.29, 0.717) is 0 Å². The lowest BCUT2D eigenvalue weighted by Gasteiger charge is -2.14. The normalized spacial score (nSPS) is 11.5. The fourth-order valence-electron chi connectivity index (χ4n) is 4.13. The number of rotatable bonds is 6. The smallest absolute Gasteiger partial charge is 0.221 e. The predicted octanol–water partition coefficient (Wildman–Crippen LogP) is 4.80. The molecule has 0 atom stereocenters. The zero-order chi connectivity index (χ0) is 23.0. The number of aromatic nitrogens is 3. The van der Waals surface area contributed by atoms with E-state index in [1.807, 2.05) is 38.1 Å². The van der Waals surface area contributed by atoms with E-state index in [0.717, 1.165) is 63.6 Å². The molecule has 0 spiro atoms. The summed E-state index contributed by atoms with van der Waals surface area (Å²) in [5, 5.41) is 8.08. The molecule has 0 saturated carbocycles. The number of carbonyl (C=O) groups excluding carboxylic acids is 1. The number of nitrogens with zero attached hydrogens (tertiary/aromatic N) is 4. The Morgan fingerprint density at radius 2 is 1.94 bits per heavy atom. The van der Waals surface area contributed by atoms with Gasteiger partial charge in [-0.05, 0) is 59.1 Å². The first kappa shape index (κ1) is 21.8. The molecule has 0 unspecified atom stereocenters. The SMILES string of the molecule is CC(=O)Nc1cccc(-c2nc(-c3c(C)noc3C)cc3c2cc(C)n3CCN(C)C)c1. The number of hydrogen-bond donors (Lipinski definition) is 1. The predicted molar refractivity (Wildman–Crippen MR) is 128 cm³/mol. The molecule has 0 fully saturated rings. The summed E-state index contributed by atoms with van der Waals surface area (Å²) in [6, 6.07) is 12.1. The molecule has 1 amide bonds. The van der Waals surface area contributed by atoms with Gasteiger partial charge in [0.1, 0.15) is 5.76 Å². The maximum absolute atomic E-state index is 11.6. The van der Waals surface area contributed by atoms with Crippen molar-refractivity contribution in [2.45, 2.75) is 34.2 Å². The number of pyridine rings is 1. The summed E-state index contributed by atoms with van der Waals surface area (Å²) < 4.78 is 7.77. The summed E-state index contributed by atoms with van der Waals surface area (Å²) in [7, 11) is 4.16. The van der Waals surface area contributed by atoms with Crippen molar-refractivity contribution >= 4 is 22.5 Å². The number of benzene rings is 1. The summed E-state index contributed by atoms with van der Waals surface area (Å²) in [4.78, 5) is 18.8. The fraction of sp³-hybridized carbons (Fsp3) is 0.320. The molecule has 1 aromatic carbocycles. The van der Waals surface area contributed by atoms with Crippen LogP contribution in [-0.4, -0.2) is 46.2 Å². The van der Waals surface area contributed by atoms with E-state index in [2.05, 4.69) is 53.1 Å². The lowest BCUT2D eigenvalue weighted by atomic mass is 10.0. The topological polar surface area (TPSA) is 76.2 Å². The van der Waals surface area contributed by atoms with Crippen LogP contribution >= 0.6 is 0 Å². The van der Waals surface area contributed by atoms with E-state index >= 15 is 0 Å². The molecule has 0 bridgehead atoms. The van der Waals surface area contributed by atoms with Crippen molar-refractivity contribution in [2.75, 3.05) is 26.0 Å². The molecular formula is C25H29N5O2. The molecule has 4 aromatic rings. The molecule has 166 valence electrons. The monoisotopic (exact) mass is 431 g/mol. The highest BCUT2D eigenvalue weighted by molar-refractivity contribution is 5.98. The summed E-state index contributed by atoms with van der Waals surface area (Å²) in [5.41, 5.74) is 7.43. The second kappa shape index (κ2) is 8.59. The van der Waals surface area contributed by atoms with Gasteiger partial charge in [0.05, 0.1) is 28.2 Å². The van der Waals surface area contributed by atoms with Crippen molar-refractivity contribution in [1.82, 2.24) is 19.6 Å². The van der Waals surface area contributed by atoms with Gasteiger partial charge in [0, 0.05) is 42.3 Å². The second-order valence-corrected chi connectivity index (χ2v) is 8.49.